The quantitative estimate of drug-likeness (QED) is 0.703. The molecule has 1 amide bonds. The normalized spacial score (nSPS) is 11.0. The van der Waals surface area contributed by atoms with E-state index in [9.17, 15) is 9.18 Å². The average molecular weight is 376 g/mol. The molecule has 0 aromatic heterocycles. The molecule has 0 heterocycles. The van der Waals surface area contributed by atoms with Crippen molar-refractivity contribution in [1.29, 1.82) is 0 Å². The molecule has 1 aromatic rings. The highest BCUT2D eigenvalue weighted by Crippen LogP contribution is 2.15. The minimum atomic E-state index is -0.208. The van der Waals surface area contributed by atoms with Gasteiger partial charge < -0.3 is 5.73 Å². The van der Waals surface area contributed by atoms with Crippen molar-refractivity contribution in [3.63, 3.8) is 0 Å². The van der Waals surface area contributed by atoms with Gasteiger partial charge in [-0.15, -0.1) is 0 Å². The van der Waals surface area contributed by atoms with Crippen LogP contribution in [-0.4, -0.2) is 5.91 Å². The second kappa shape index (κ2) is 13.7. The maximum absolute atomic E-state index is 12.5. The van der Waals surface area contributed by atoms with Crippen LogP contribution in [0.1, 0.15) is 59.4 Å². The highest BCUT2D eigenvalue weighted by molar-refractivity contribution is 9.10. The molecule has 128 valence electrons. The molecular formula is C18H31BrFNO. The molecule has 1 atom stereocenters. The van der Waals surface area contributed by atoms with E-state index in [4.69, 9.17) is 5.73 Å². The molecule has 0 aliphatic heterocycles. The SMILES string of the molecule is CCC(C)C(N)=O.CCCC(C)C.Cc1ccc(F)c(Br)c1. The van der Waals surface area contributed by atoms with Crippen LogP contribution in [0.15, 0.2) is 22.7 Å². The smallest absolute Gasteiger partial charge is 0.220 e. The van der Waals surface area contributed by atoms with E-state index >= 15 is 0 Å². The van der Waals surface area contributed by atoms with Crippen molar-refractivity contribution in [3.05, 3.63) is 34.1 Å². The maximum atomic E-state index is 12.5. The van der Waals surface area contributed by atoms with Gasteiger partial charge in [-0.3, -0.25) is 4.79 Å². The standard InChI is InChI=1S/C7H6BrF.C6H14.C5H11NO/c1-5-2-3-7(9)6(8)4-5;1-4-5-6(2)3;1-3-4(2)5(6)7/h2-4H,1H3;6H,4-5H2,1-3H3;4H,3H2,1-2H3,(H2,6,7). The largest absolute Gasteiger partial charge is 0.369 e. The number of carbonyl (C=O) groups is 1. The van der Waals surface area contributed by atoms with E-state index in [0.29, 0.717) is 4.47 Å². The zero-order chi connectivity index (χ0) is 17.7. The number of amides is 1. The van der Waals surface area contributed by atoms with E-state index in [1.165, 1.54) is 18.9 Å². The Morgan fingerprint density at radius 3 is 2.00 bits per heavy atom. The van der Waals surface area contributed by atoms with E-state index in [1.807, 2.05) is 20.8 Å². The van der Waals surface area contributed by atoms with Crippen molar-refractivity contribution in [1.82, 2.24) is 0 Å². The van der Waals surface area contributed by atoms with Gasteiger partial charge in [0.25, 0.3) is 0 Å². The summed E-state index contributed by atoms with van der Waals surface area (Å²) in [6.07, 6.45) is 3.55. The van der Waals surface area contributed by atoms with Gasteiger partial charge in [0.1, 0.15) is 5.82 Å². The number of carbonyl (C=O) groups excluding carboxylic acids is 1. The van der Waals surface area contributed by atoms with E-state index < -0.39 is 0 Å². The highest BCUT2D eigenvalue weighted by Gasteiger charge is 2.02. The summed E-state index contributed by atoms with van der Waals surface area (Å²) in [6.45, 7) is 12.4. The molecular weight excluding hydrogens is 345 g/mol. The number of benzene rings is 1. The summed E-state index contributed by atoms with van der Waals surface area (Å²) in [5, 5.41) is 0. The van der Waals surface area contributed by atoms with Gasteiger partial charge >= 0.3 is 0 Å². The Hall–Kier alpha value is -0.900. The van der Waals surface area contributed by atoms with Crippen LogP contribution in [0, 0.1) is 24.6 Å². The molecule has 2 nitrogen and oxygen atoms in total. The maximum Gasteiger partial charge on any atom is 0.220 e. The van der Waals surface area contributed by atoms with Crippen molar-refractivity contribution in [2.75, 3.05) is 0 Å². The first-order valence-corrected chi connectivity index (χ1v) is 8.65. The Kier molecular flexibility index (Phi) is 14.6. The first kappa shape index (κ1) is 23.4. The summed E-state index contributed by atoms with van der Waals surface area (Å²) in [5.74, 6) is 0.526. The molecule has 1 rings (SSSR count). The van der Waals surface area contributed by atoms with Crippen molar-refractivity contribution < 1.29 is 9.18 Å². The minimum Gasteiger partial charge on any atom is -0.369 e. The van der Waals surface area contributed by atoms with Crippen molar-refractivity contribution in [2.45, 2.75) is 60.8 Å². The summed E-state index contributed by atoms with van der Waals surface area (Å²) in [7, 11) is 0. The third kappa shape index (κ3) is 14.1. The zero-order valence-corrected chi connectivity index (χ0v) is 16.3. The Labute approximate surface area is 143 Å². The number of hydrogen-bond acceptors (Lipinski definition) is 1. The first-order valence-electron chi connectivity index (χ1n) is 7.86. The van der Waals surface area contributed by atoms with Crippen molar-refractivity contribution in [3.8, 4) is 0 Å². The van der Waals surface area contributed by atoms with Crippen LogP contribution in [0.25, 0.3) is 0 Å². The lowest BCUT2D eigenvalue weighted by atomic mass is 10.1. The summed E-state index contributed by atoms with van der Waals surface area (Å²) < 4.78 is 13.0. The summed E-state index contributed by atoms with van der Waals surface area (Å²) in [5.41, 5.74) is 5.97. The number of hydrogen-bond donors (Lipinski definition) is 1. The molecule has 0 saturated carbocycles. The van der Waals surface area contributed by atoms with Crippen LogP contribution in [0.3, 0.4) is 0 Å². The molecule has 2 N–H and O–H groups in total. The molecule has 1 unspecified atom stereocenters. The highest BCUT2D eigenvalue weighted by atomic mass is 79.9. The Bertz CT molecular complexity index is 422. The van der Waals surface area contributed by atoms with Crippen LogP contribution in [-0.2, 0) is 4.79 Å². The van der Waals surface area contributed by atoms with Gasteiger partial charge in [-0.25, -0.2) is 4.39 Å². The van der Waals surface area contributed by atoms with Crippen LogP contribution in [0.2, 0.25) is 0 Å². The fraction of sp³-hybridized carbons (Fsp3) is 0.611. The number of aryl methyl sites for hydroxylation is 1. The Balaban J connectivity index is 0. The predicted molar refractivity (Wildman–Crippen MR) is 97.2 cm³/mol. The van der Waals surface area contributed by atoms with Gasteiger partial charge in [-0.05, 0) is 52.9 Å². The fourth-order valence-electron chi connectivity index (χ4n) is 1.38. The van der Waals surface area contributed by atoms with Gasteiger partial charge in [0.05, 0.1) is 4.47 Å². The van der Waals surface area contributed by atoms with Gasteiger partial charge in [-0.1, -0.05) is 53.5 Å². The lowest BCUT2D eigenvalue weighted by Crippen LogP contribution is -2.19. The van der Waals surface area contributed by atoms with Crippen LogP contribution in [0.4, 0.5) is 4.39 Å². The molecule has 0 fully saturated rings. The predicted octanol–water partition coefficient (Wildman–Crippen LogP) is 5.86. The van der Waals surface area contributed by atoms with Gasteiger partial charge in [0.15, 0.2) is 0 Å². The third-order valence-corrected chi connectivity index (χ3v) is 3.65. The molecule has 0 saturated heterocycles. The van der Waals surface area contributed by atoms with E-state index in [2.05, 4.69) is 36.7 Å². The van der Waals surface area contributed by atoms with Crippen molar-refractivity contribution >= 4 is 21.8 Å². The van der Waals surface area contributed by atoms with Gasteiger partial charge in [-0.2, -0.15) is 0 Å². The summed E-state index contributed by atoms with van der Waals surface area (Å²) in [6, 6.07) is 4.93. The van der Waals surface area contributed by atoms with Gasteiger partial charge in [0.2, 0.25) is 5.91 Å². The number of halogens is 2. The molecule has 0 bridgehead atoms. The van der Waals surface area contributed by atoms with Crippen LogP contribution in [0.5, 0.6) is 0 Å². The van der Waals surface area contributed by atoms with E-state index in [0.717, 1.165) is 17.9 Å². The Morgan fingerprint density at radius 2 is 1.82 bits per heavy atom. The molecule has 4 heteroatoms. The minimum absolute atomic E-state index is 0.0417. The van der Waals surface area contributed by atoms with E-state index in [-0.39, 0.29) is 17.6 Å². The van der Waals surface area contributed by atoms with E-state index in [1.54, 1.807) is 12.1 Å². The molecule has 0 spiro atoms. The first-order chi connectivity index (χ1) is 10.1. The number of primary amides is 1. The van der Waals surface area contributed by atoms with Crippen molar-refractivity contribution in [2.24, 2.45) is 17.6 Å². The molecule has 0 aliphatic carbocycles. The fourth-order valence-corrected chi connectivity index (χ4v) is 1.87. The summed E-state index contributed by atoms with van der Waals surface area (Å²) >= 11 is 3.07. The number of nitrogens with two attached hydrogens (primary N) is 1. The summed E-state index contributed by atoms with van der Waals surface area (Å²) in [4.78, 5) is 10.2. The lowest BCUT2D eigenvalue weighted by molar-refractivity contribution is -0.121. The molecule has 22 heavy (non-hydrogen) atoms. The lowest BCUT2D eigenvalue weighted by Gasteiger charge is -1.98. The second-order valence-electron chi connectivity index (χ2n) is 5.81. The number of rotatable bonds is 4. The zero-order valence-electron chi connectivity index (χ0n) is 14.7. The van der Waals surface area contributed by atoms with Gasteiger partial charge in [0, 0.05) is 5.92 Å². The third-order valence-electron chi connectivity index (χ3n) is 3.04. The van der Waals surface area contributed by atoms with Crippen LogP contribution < -0.4 is 5.73 Å². The Morgan fingerprint density at radius 1 is 1.27 bits per heavy atom. The molecule has 0 aliphatic rings. The van der Waals surface area contributed by atoms with Crippen LogP contribution >= 0.6 is 15.9 Å². The average Bonchev–Trinajstić information content (AvgIpc) is 2.43. The topological polar surface area (TPSA) is 43.1 Å². The monoisotopic (exact) mass is 375 g/mol. The molecule has 1 aromatic carbocycles. The second-order valence-corrected chi connectivity index (χ2v) is 6.67. The molecule has 0 radical (unpaired) electrons.